The maximum Gasteiger partial charge on any atom is 0.308 e. The third kappa shape index (κ3) is 3.80. The first-order valence-electron chi connectivity index (χ1n) is 7.98. The van der Waals surface area contributed by atoms with Crippen molar-refractivity contribution in [3.05, 3.63) is 32.9 Å². The van der Waals surface area contributed by atoms with E-state index in [0.29, 0.717) is 23.6 Å². The van der Waals surface area contributed by atoms with Crippen molar-refractivity contribution in [3.63, 3.8) is 0 Å². The molecule has 1 N–H and O–H groups in total. The zero-order valence-electron chi connectivity index (χ0n) is 13.3. The fraction of sp³-hybridized carbons (Fsp3) is 0.500. The Morgan fingerprint density at radius 2 is 2.00 bits per heavy atom. The molecule has 3 rings (SSSR count). The fourth-order valence-electron chi connectivity index (χ4n) is 2.94. The van der Waals surface area contributed by atoms with E-state index in [1.54, 1.807) is 17.0 Å². The van der Waals surface area contributed by atoms with E-state index in [4.69, 9.17) is 16.7 Å². The Kier molecular flexibility index (Phi) is 5.55. The van der Waals surface area contributed by atoms with Gasteiger partial charge in [-0.2, -0.15) is 0 Å². The van der Waals surface area contributed by atoms with Gasteiger partial charge in [0.05, 0.1) is 10.2 Å². The molecule has 1 aliphatic rings. The maximum atomic E-state index is 12.5. The van der Waals surface area contributed by atoms with Crippen LogP contribution in [0.2, 0.25) is 5.02 Å². The molecule has 0 atom stereocenters. The van der Waals surface area contributed by atoms with Crippen molar-refractivity contribution >= 4 is 39.1 Å². The molecule has 1 fully saturated rings. The highest BCUT2D eigenvalue weighted by atomic mass is 35.5. The van der Waals surface area contributed by atoms with Gasteiger partial charge >= 0.3 is 4.87 Å². The van der Waals surface area contributed by atoms with Crippen molar-refractivity contribution in [3.8, 4) is 0 Å². The van der Waals surface area contributed by atoms with Gasteiger partial charge in [-0.15, -0.1) is 0 Å². The minimum atomic E-state index is -0.137. The Morgan fingerprint density at radius 3 is 2.71 bits per heavy atom. The number of benzene rings is 1. The van der Waals surface area contributed by atoms with E-state index >= 15 is 0 Å². The van der Waals surface area contributed by atoms with Crippen LogP contribution in [0.1, 0.15) is 6.42 Å². The number of fused-ring (bicyclic) bond motifs is 1. The number of thiazole rings is 1. The number of carbonyl (C=O) groups is 1. The Morgan fingerprint density at radius 1 is 1.25 bits per heavy atom. The summed E-state index contributed by atoms with van der Waals surface area (Å²) in [5, 5.41) is 9.44. The number of amides is 1. The van der Waals surface area contributed by atoms with Gasteiger partial charge in [-0.3, -0.25) is 19.1 Å². The van der Waals surface area contributed by atoms with Crippen LogP contribution in [0.4, 0.5) is 0 Å². The SMILES string of the molecule is O=C(Cn1c(=O)sc2ccc(Cl)cc21)N1CCN(CCCO)CC1. The number of aliphatic hydroxyl groups excluding tert-OH is 1. The Hall–Kier alpha value is -1.41. The number of nitrogens with zero attached hydrogens (tertiary/aromatic N) is 3. The zero-order valence-corrected chi connectivity index (χ0v) is 14.9. The monoisotopic (exact) mass is 369 g/mol. The molecular formula is C16H20ClN3O3S. The molecule has 0 bridgehead atoms. The molecule has 1 aromatic carbocycles. The quantitative estimate of drug-likeness (QED) is 0.861. The Bertz CT molecular complexity index is 780. The van der Waals surface area contributed by atoms with Crippen LogP contribution in [0.3, 0.4) is 0 Å². The minimum Gasteiger partial charge on any atom is -0.396 e. The van der Waals surface area contributed by atoms with Crippen LogP contribution in [0.15, 0.2) is 23.0 Å². The lowest BCUT2D eigenvalue weighted by Crippen LogP contribution is -2.50. The standard InChI is InChI=1S/C16H20ClN3O3S/c17-12-2-3-14-13(10-12)20(16(23)24-14)11-15(22)19-7-5-18(6-8-19)4-1-9-21/h2-3,10,21H,1,4-9,11H2. The Balaban J connectivity index is 1.67. The molecule has 6 nitrogen and oxygen atoms in total. The number of hydrogen-bond acceptors (Lipinski definition) is 5. The molecule has 8 heteroatoms. The number of aromatic nitrogens is 1. The van der Waals surface area contributed by atoms with E-state index < -0.39 is 0 Å². The summed E-state index contributed by atoms with van der Waals surface area (Å²) in [5.74, 6) is -0.0430. The number of rotatable bonds is 5. The molecule has 1 saturated heterocycles. The van der Waals surface area contributed by atoms with E-state index in [1.165, 1.54) is 4.57 Å². The van der Waals surface area contributed by atoms with Crippen LogP contribution in [-0.2, 0) is 11.3 Å². The number of hydrogen-bond donors (Lipinski definition) is 1. The summed E-state index contributed by atoms with van der Waals surface area (Å²) in [5.41, 5.74) is 0.715. The maximum absolute atomic E-state index is 12.5. The average Bonchev–Trinajstić information content (AvgIpc) is 2.88. The summed E-state index contributed by atoms with van der Waals surface area (Å²) in [7, 11) is 0. The van der Waals surface area contributed by atoms with E-state index in [-0.39, 0.29) is 23.9 Å². The molecule has 1 aliphatic heterocycles. The first-order chi connectivity index (χ1) is 11.6. The van der Waals surface area contributed by atoms with Crippen LogP contribution in [0, 0.1) is 0 Å². The van der Waals surface area contributed by atoms with Crippen molar-refractivity contribution in [2.75, 3.05) is 39.3 Å². The lowest BCUT2D eigenvalue weighted by atomic mass is 10.3. The van der Waals surface area contributed by atoms with Gasteiger partial charge in [0.1, 0.15) is 6.54 Å². The summed E-state index contributed by atoms with van der Waals surface area (Å²) in [6.45, 7) is 4.01. The molecule has 0 spiro atoms. The molecule has 2 heterocycles. The molecule has 2 aromatic rings. The van der Waals surface area contributed by atoms with Crippen molar-refractivity contribution < 1.29 is 9.90 Å². The highest BCUT2D eigenvalue weighted by Crippen LogP contribution is 2.21. The van der Waals surface area contributed by atoms with Crippen LogP contribution >= 0.6 is 22.9 Å². The summed E-state index contributed by atoms with van der Waals surface area (Å²) < 4.78 is 2.35. The van der Waals surface area contributed by atoms with Gasteiger partial charge in [-0.1, -0.05) is 22.9 Å². The molecule has 0 unspecified atom stereocenters. The van der Waals surface area contributed by atoms with Crippen molar-refractivity contribution in [1.29, 1.82) is 0 Å². The van der Waals surface area contributed by atoms with Crippen LogP contribution < -0.4 is 4.87 Å². The predicted octanol–water partition coefficient (Wildman–Crippen LogP) is 1.24. The second kappa shape index (κ2) is 7.65. The van der Waals surface area contributed by atoms with Crippen LogP contribution in [0.25, 0.3) is 10.2 Å². The first kappa shape index (κ1) is 17.4. The topological polar surface area (TPSA) is 65.8 Å². The highest BCUT2D eigenvalue weighted by Gasteiger charge is 2.22. The third-order valence-corrected chi connectivity index (χ3v) is 5.48. The lowest BCUT2D eigenvalue weighted by molar-refractivity contribution is -0.133. The zero-order chi connectivity index (χ0) is 17.1. The van der Waals surface area contributed by atoms with Gasteiger partial charge in [-0.05, 0) is 24.6 Å². The number of piperazine rings is 1. The van der Waals surface area contributed by atoms with Crippen LogP contribution in [-0.4, -0.2) is 64.7 Å². The van der Waals surface area contributed by atoms with Gasteiger partial charge < -0.3 is 10.0 Å². The molecule has 1 amide bonds. The molecule has 24 heavy (non-hydrogen) atoms. The summed E-state index contributed by atoms with van der Waals surface area (Å²) in [6.07, 6.45) is 0.755. The van der Waals surface area contributed by atoms with E-state index in [9.17, 15) is 9.59 Å². The second-order valence-electron chi connectivity index (χ2n) is 5.87. The van der Waals surface area contributed by atoms with Crippen molar-refractivity contribution in [2.45, 2.75) is 13.0 Å². The fourth-order valence-corrected chi connectivity index (χ4v) is 3.97. The van der Waals surface area contributed by atoms with Gasteiger partial charge in [0.25, 0.3) is 0 Å². The number of carbonyl (C=O) groups excluding carboxylic acids is 1. The van der Waals surface area contributed by atoms with E-state index in [0.717, 1.165) is 42.1 Å². The largest absolute Gasteiger partial charge is 0.396 e. The molecule has 0 saturated carbocycles. The highest BCUT2D eigenvalue weighted by molar-refractivity contribution is 7.16. The Labute approximate surface area is 148 Å². The first-order valence-corrected chi connectivity index (χ1v) is 9.18. The van der Waals surface area contributed by atoms with Gasteiger partial charge in [0.2, 0.25) is 5.91 Å². The second-order valence-corrected chi connectivity index (χ2v) is 7.30. The van der Waals surface area contributed by atoms with Crippen molar-refractivity contribution in [2.24, 2.45) is 0 Å². The molecule has 130 valence electrons. The van der Waals surface area contributed by atoms with Crippen molar-refractivity contribution in [1.82, 2.24) is 14.4 Å². The van der Waals surface area contributed by atoms with Gasteiger partial charge in [0, 0.05) is 44.4 Å². The lowest BCUT2D eigenvalue weighted by Gasteiger charge is -2.34. The molecule has 0 aliphatic carbocycles. The minimum absolute atomic E-state index is 0.0430. The predicted molar refractivity (Wildman–Crippen MR) is 95.8 cm³/mol. The van der Waals surface area contributed by atoms with Crippen LogP contribution in [0.5, 0.6) is 0 Å². The smallest absolute Gasteiger partial charge is 0.308 e. The van der Waals surface area contributed by atoms with Gasteiger partial charge in [-0.25, -0.2) is 0 Å². The number of halogens is 1. The van der Waals surface area contributed by atoms with E-state index in [2.05, 4.69) is 4.90 Å². The summed E-state index contributed by atoms with van der Waals surface area (Å²) >= 11 is 7.15. The van der Waals surface area contributed by atoms with Gasteiger partial charge in [0.15, 0.2) is 0 Å². The summed E-state index contributed by atoms with van der Waals surface area (Å²) in [6, 6.07) is 5.29. The number of aliphatic hydroxyl groups is 1. The third-order valence-electron chi connectivity index (χ3n) is 4.28. The van der Waals surface area contributed by atoms with E-state index in [1.807, 2.05) is 6.07 Å². The molecule has 1 aromatic heterocycles. The molecular weight excluding hydrogens is 350 g/mol. The normalized spacial score (nSPS) is 16.0. The summed E-state index contributed by atoms with van der Waals surface area (Å²) in [4.78, 5) is 28.6. The molecule has 0 radical (unpaired) electrons. The average molecular weight is 370 g/mol.